The lowest BCUT2D eigenvalue weighted by Gasteiger charge is -2.18. The molecule has 32 heavy (non-hydrogen) atoms. The molecule has 0 fully saturated rings. The molecule has 0 saturated carbocycles. The highest BCUT2D eigenvalue weighted by atomic mass is 19.4. The van der Waals surface area contributed by atoms with Gasteiger partial charge in [-0.3, -0.25) is 9.69 Å². The number of amides is 1. The van der Waals surface area contributed by atoms with Crippen molar-refractivity contribution >= 4 is 5.91 Å². The molecule has 0 radical (unpaired) electrons. The fraction of sp³-hybridized carbons (Fsp3) is 0.304. The van der Waals surface area contributed by atoms with Crippen molar-refractivity contribution in [2.45, 2.75) is 33.1 Å². The Morgan fingerprint density at radius 3 is 2.41 bits per heavy atom. The predicted octanol–water partition coefficient (Wildman–Crippen LogP) is 4.80. The molecule has 0 unspecified atom stereocenters. The van der Waals surface area contributed by atoms with Crippen LogP contribution in [-0.4, -0.2) is 33.7 Å². The summed E-state index contributed by atoms with van der Waals surface area (Å²) in [6.45, 7) is 6.70. The summed E-state index contributed by atoms with van der Waals surface area (Å²) in [6, 6.07) is 12.5. The first-order valence-electron chi connectivity index (χ1n) is 10.2. The molecular weight excluding hydrogens is 424 g/mol. The number of carbonyl (C=O) groups is 1. The molecule has 1 amide bonds. The highest BCUT2D eigenvalue weighted by Crippen LogP contribution is 2.34. The number of hydrogen-bond acceptors (Lipinski definition) is 3. The molecule has 0 spiro atoms. The molecule has 0 aliphatic heterocycles. The quantitative estimate of drug-likeness (QED) is 0.504. The molecule has 9 heteroatoms. The Morgan fingerprint density at radius 1 is 1.06 bits per heavy atom. The van der Waals surface area contributed by atoms with Gasteiger partial charge in [0.05, 0.1) is 11.8 Å². The highest BCUT2D eigenvalue weighted by molar-refractivity contribution is 5.95. The minimum absolute atomic E-state index is 0.0487. The summed E-state index contributed by atoms with van der Waals surface area (Å²) in [5, 5.41) is 6.16. The van der Waals surface area contributed by atoms with E-state index in [-0.39, 0.29) is 12.2 Å². The van der Waals surface area contributed by atoms with Gasteiger partial charge in [0, 0.05) is 13.1 Å². The summed E-state index contributed by atoms with van der Waals surface area (Å²) >= 11 is 0. The molecule has 1 aromatic heterocycles. The van der Waals surface area contributed by atoms with Crippen LogP contribution in [-0.2, 0) is 19.3 Å². The number of hydrogen-bond donors (Lipinski definition) is 1. The number of halogens is 4. The van der Waals surface area contributed by atoms with E-state index in [4.69, 9.17) is 0 Å². The summed E-state index contributed by atoms with van der Waals surface area (Å²) in [4.78, 5) is 14.8. The lowest BCUT2D eigenvalue weighted by atomic mass is 10.1. The Labute approximate surface area is 183 Å². The standard InChI is InChI=1S/C23H24F4N4O/c1-3-30(4-2)15-17-9-7-8-16(12-17)13-28-22(32)18-14-29-31(21(18)23(25,26)27)20-11-6-5-10-19(20)24/h5-12,14H,3-4,13,15H2,1-2H3,(H,28,32). The van der Waals surface area contributed by atoms with Gasteiger partial charge in [-0.1, -0.05) is 50.2 Å². The first-order chi connectivity index (χ1) is 15.2. The summed E-state index contributed by atoms with van der Waals surface area (Å²) in [5.41, 5.74) is -0.569. The predicted molar refractivity (Wildman–Crippen MR) is 113 cm³/mol. The van der Waals surface area contributed by atoms with Crippen LogP contribution in [0.5, 0.6) is 0 Å². The van der Waals surface area contributed by atoms with Crippen LogP contribution in [0.25, 0.3) is 5.69 Å². The monoisotopic (exact) mass is 448 g/mol. The Kier molecular flexibility index (Phi) is 7.29. The fourth-order valence-electron chi connectivity index (χ4n) is 3.41. The number of alkyl halides is 3. The molecule has 0 atom stereocenters. The minimum atomic E-state index is -4.91. The minimum Gasteiger partial charge on any atom is -0.348 e. The summed E-state index contributed by atoms with van der Waals surface area (Å²) in [6.07, 6.45) is -4.10. The smallest absolute Gasteiger partial charge is 0.348 e. The highest BCUT2D eigenvalue weighted by Gasteiger charge is 2.41. The van der Waals surface area contributed by atoms with E-state index in [0.29, 0.717) is 4.68 Å². The average Bonchev–Trinajstić information content (AvgIpc) is 3.22. The SMILES string of the molecule is CCN(CC)Cc1cccc(CNC(=O)c2cnn(-c3ccccc3F)c2C(F)(F)F)c1. The van der Waals surface area contributed by atoms with Gasteiger partial charge in [0.25, 0.3) is 5.91 Å². The maximum atomic E-state index is 14.1. The van der Waals surface area contributed by atoms with Gasteiger partial charge in [0.2, 0.25) is 0 Å². The summed E-state index contributed by atoms with van der Waals surface area (Å²) < 4.78 is 55.8. The zero-order chi connectivity index (χ0) is 23.3. The summed E-state index contributed by atoms with van der Waals surface area (Å²) in [7, 11) is 0. The van der Waals surface area contributed by atoms with Crippen molar-refractivity contribution in [3.8, 4) is 5.69 Å². The Bertz CT molecular complexity index is 1070. The van der Waals surface area contributed by atoms with Crippen LogP contribution in [0.1, 0.15) is 41.0 Å². The van der Waals surface area contributed by atoms with Crippen molar-refractivity contribution < 1.29 is 22.4 Å². The van der Waals surface area contributed by atoms with Crippen molar-refractivity contribution in [2.75, 3.05) is 13.1 Å². The maximum Gasteiger partial charge on any atom is 0.434 e. The first kappa shape index (κ1) is 23.5. The molecule has 0 saturated heterocycles. The molecular formula is C23H24F4N4O. The number of carbonyl (C=O) groups excluding carboxylic acids is 1. The molecule has 170 valence electrons. The molecule has 0 aliphatic carbocycles. The largest absolute Gasteiger partial charge is 0.434 e. The second-order valence-electron chi connectivity index (χ2n) is 7.23. The van der Waals surface area contributed by atoms with Gasteiger partial charge in [0.15, 0.2) is 5.69 Å². The van der Waals surface area contributed by atoms with Gasteiger partial charge < -0.3 is 5.32 Å². The van der Waals surface area contributed by atoms with Gasteiger partial charge >= 0.3 is 6.18 Å². The number of rotatable bonds is 8. The molecule has 3 aromatic rings. The molecule has 1 N–H and O–H groups in total. The van der Waals surface area contributed by atoms with Gasteiger partial charge in [-0.15, -0.1) is 0 Å². The fourth-order valence-corrected chi connectivity index (χ4v) is 3.41. The molecule has 5 nitrogen and oxygen atoms in total. The van der Waals surface area contributed by atoms with Crippen LogP contribution in [0, 0.1) is 5.82 Å². The molecule has 3 rings (SSSR count). The Morgan fingerprint density at radius 2 is 1.75 bits per heavy atom. The van der Waals surface area contributed by atoms with E-state index in [2.05, 4.69) is 29.2 Å². The van der Waals surface area contributed by atoms with E-state index in [1.54, 1.807) is 6.07 Å². The van der Waals surface area contributed by atoms with Crippen LogP contribution in [0.2, 0.25) is 0 Å². The lowest BCUT2D eigenvalue weighted by Crippen LogP contribution is -2.26. The number of para-hydroxylation sites is 1. The van der Waals surface area contributed by atoms with Crippen LogP contribution in [0.15, 0.2) is 54.7 Å². The van der Waals surface area contributed by atoms with E-state index >= 15 is 0 Å². The number of benzene rings is 2. The second-order valence-corrected chi connectivity index (χ2v) is 7.23. The molecule has 0 aliphatic rings. The van der Waals surface area contributed by atoms with E-state index < -0.39 is 29.2 Å². The Balaban J connectivity index is 1.81. The second kappa shape index (κ2) is 9.95. The van der Waals surface area contributed by atoms with Crippen molar-refractivity contribution in [3.05, 3.63) is 82.9 Å². The van der Waals surface area contributed by atoms with Crippen molar-refractivity contribution in [2.24, 2.45) is 0 Å². The van der Waals surface area contributed by atoms with E-state index in [9.17, 15) is 22.4 Å². The summed E-state index contributed by atoms with van der Waals surface area (Å²) in [5.74, 6) is -1.81. The van der Waals surface area contributed by atoms with Crippen LogP contribution < -0.4 is 5.32 Å². The zero-order valence-corrected chi connectivity index (χ0v) is 17.8. The third kappa shape index (κ3) is 5.34. The molecule has 2 aromatic carbocycles. The topological polar surface area (TPSA) is 50.2 Å². The number of nitrogens with one attached hydrogen (secondary N) is 1. The molecule has 1 heterocycles. The van der Waals surface area contributed by atoms with Crippen LogP contribution in [0.4, 0.5) is 17.6 Å². The Hall–Kier alpha value is -3.20. The van der Waals surface area contributed by atoms with Gasteiger partial charge in [-0.05, 0) is 36.3 Å². The van der Waals surface area contributed by atoms with E-state index in [0.717, 1.165) is 43.0 Å². The van der Waals surface area contributed by atoms with Gasteiger partial charge in [0.1, 0.15) is 11.5 Å². The maximum absolute atomic E-state index is 14.1. The number of aromatic nitrogens is 2. The third-order valence-corrected chi connectivity index (χ3v) is 5.11. The van der Waals surface area contributed by atoms with E-state index in [1.165, 1.54) is 18.2 Å². The zero-order valence-electron chi connectivity index (χ0n) is 17.8. The molecule has 0 bridgehead atoms. The van der Waals surface area contributed by atoms with Gasteiger partial charge in [-0.25, -0.2) is 9.07 Å². The average molecular weight is 448 g/mol. The lowest BCUT2D eigenvalue weighted by molar-refractivity contribution is -0.143. The van der Waals surface area contributed by atoms with E-state index in [1.807, 2.05) is 18.2 Å². The first-order valence-corrected chi connectivity index (χ1v) is 10.2. The third-order valence-electron chi connectivity index (χ3n) is 5.11. The van der Waals surface area contributed by atoms with Crippen LogP contribution in [0.3, 0.4) is 0 Å². The van der Waals surface area contributed by atoms with Crippen molar-refractivity contribution in [3.63, 3.8) is 0 Å². The van der Waals surface area contributed by atoms with Crippen LogP contribution >= 0.6 is 0 Å². The normalized spacial score (nSPS) is 11.7. The van der Waals surface area contributed by atoms with Gasteiger partial charge in [-0.2, -0.15) is 18.3 Å². The van der Waals surface area contributed by atoms with Crippen molar-refractivity contribution in [1.82, 2.24) is 20.0 Å². The number of nitrogens with zero attached hydrogens (tertiary/aromatic N) is 3. The van der Waals surface area contributed by atoms with Crippen molar-refractivity contribution in [1.29, 1.82) is 0 Å².